The van der Waals surface area contributed by atoms with E-state index in [1.165, 1.54) is 6.07 Å². The summed E-state index contributed by atoms with van der Waals surface area (Å²) in [5.41, 5.74) is 2.28. The van der Waals surface area contributed by atoms with Gasteiger partial charge in [0.25, 0.3) is 0 Å². The van der Waals surface area contributed by atoms with E-state index in [-0.39, 0.29) is 18.1 Å². The largest absolute Gasteiger partial charge is 0.311 e. The number of nitrogens with one attached hydrogen (secondary N) is 1. The summed E-state index contributed by atoms with van der Waals surface area (Å²) in [5.74, 6) is -0.0337. The fraction of sp³-hybridized carbons (Fsp3) is 0.158. The van der Waals surface area contributed by atoms with Gasteiger partial charge in [-0.15, -0.1) is 0 Å². The topological polar surface area (TPSA) is 46.9 Å². The van der Waals surface area contributed by atoms with Crippen LogP contribution in [0.5, 0.6) is 0 Å². The van der Waals surface area contributed by atoms with Crippen LogP contribution in [0.2, 0.25) is 0 Å². The molecule has 3 rings (SSSR count). The van der Waals surface area contributed by atoms with E-state index in [0.29, 0.717) is 17.9 Å². The second kappa shape index (κ2) is 7.08. The van der Waals surface area contributed by atoms with Crippen LogP contribution in [0.25, 0.3) is 0 Å². The molecule has 4 nitrogen and oxygen atoms in total. The maximum Gasteiger partial charge on any atom is 0.230 e. The second-order valence-corrected chi connectivity index (χ2v) is 5.63. The Morgan fingerprint density at radius 1 is 1.12 bits per heavy atom. The van der Waals surface area contributed by atoms with Gasteiger partial charge in [0.15, 0.2) is 0 Å². The molecule has 0 spiro atoms. The lowest BCUT2D eigenvalue weighted by atomic mass is 10.1. The Labute approximate surface area is 139 Å². The van der Waals surface area contributed by atoms with Crippen molar-refractivity contribution in [3.63, 3.8) is 0 Å². The van der Waals surface area contributed by atoms with Gasteiger partial charge >= 0.3 is 0 Å². The minimum absolute atomic E-state index is 0.0117. The minimum atomic E-state index is -0.373. The third kappa shape index (κ3) is 3.87. The molecule has 0 aliphatic rings. The number of aromatic nitrogens is 2. The van der Waals surface area contributed by atoms with Crippen molar-refractivity contribution in [3.8, 4) is 0 Å². The molecule has 0 aliphatic heterocycles. The molecular formula is C19H18FN3O. The lowest BCUT2D eigenvalue weighted by Crippen LogP contribution is -2.18. The summed E-state index contributed by atoms with van der Waals surface area (Å²) in [6.45, 7) is 2.43. The highest BCUT2D eigenvalue weighted by molar-refractivity contribution is 5.91. The van der Waals surface area contributed by atoms with Crippen molar-refractivity contribution in [1.82, 2.24) is 9.78 Å². The first-order valence-corrected chi connectivity index (χ1v) is 7.73. The number of nitrogens with zero attached hydrogens (tertiary/aromatic N) is 2. The summed E-state index contributed by atoms with van der Waals surface area (Å²) in [5, 5.41) is 7.23. The van der Waals surface area contributed by atoms with Crippen molar-refractivity contribution in [2.24, 2.45) is 0 Å². The van der Waals surface area contributed by atoms with Crippen LogP contribution in [0, 0.1) is 12.7 Å². The van der Waals surface area contributed by atoms with Crippen LogP contribution in [0.1, 0.15) is 16.8 Å². The van der Waals surface area contributed by atoms with Crippen molar-refractivity contribution in [2.75, 3.05) is 5.32 Å². The molecule has 0 saturated heterocycles. The number of halogens is 1. The fourth-order valence-electron chi connectivity index (χ4n) is 2.52. The number of rotatable bonds is 5. The number of hydrogen-bond acceptors (Lipinski definition) is 2. The van der Waals surface area contributed by atoms with E-state index in [1.54, 1.807) is 22.9 Å². The summed E-state index contributed by atoms with van der Waals surface area (Å²) >= 11 is 0. The van der Waals surface area contributed by atoms with Gasteiger partial charge in [-0.05, 0) is 24.1 Å². The standard InChI is InChI=1S/C19H18FN3O/c1-14-11-18(23(22-14)13-15-7-3-2-4-8-15)21-19(24)12-16-9-5-6-10-17(16)20/h2-11H,12-13H2,1H3,(H,21,24). The van der Waals surface area contributed by atoms with Crippen LogP contribution in [0.15, 0.2) is 60.7 Å². The van der Waals surface area contributed by atoms with Gasteiger partial charge in [0.2, 0.25) is 5.91 Å². The van der Waals surface area contributed by atoms with Crippen molar-refractivity contribution in [3.05, 3.63) is 83.3 Å². The molecule has 1 aromatic heterocycles. The number of hydrogen-bond donors (Lipinski definition) is 1. The lowest BCUT2D eigenvalue weighted by molar-refractivity contribution is -0.115. The molecule has 1 N–H and O–H groups in total. The summed E-state index contributed by atoms with van der Waals surface area (Å²) in [4.78, 5) is 12.2. The average molecular weight is 323 g/mol. The summed E-state index contributed by atoms with van der Waals surface area (Å²) in [6, 6.07) is 18.0. The number of benzene rings is 2. The molecule has 0 atom stereocenters. The number of aryl methyl sites for hydroxylation is 1. The molecular weight excluding hydrogens is 305 g/mol. The predicted molar refractivity (Wildman–Crippen MR) is 91.2 cm³/mol. The van der Waals surface area contributed by atoms with Crippen LogP contribution >= 0.6 is 0 Å². The van der Waals surface area contributed by atoms with Crippen LogP contribution in [0.4, 0.5) is 10.2 Å². The Kier molecular flexibility index (Phi) is 4.70. The van der Waals surface area contributed by atoms with Gasteiger partial charge in [-0.3, -0.25) is 4.79 Å². The van der Waals surface area contributed by atoms with Crippen LogP contribution in [0.3, 0.4) is 0 Å². The molecule has 1 heterocycles. The Balaban J connectivity index is 1.73. The minimum Gasteiger partial charge on any atom is -0.311 e. The molecule has 0 fully saturated rings. The van der Waals surface area contributed by atoms with Crippen molar-refractivity contribution in [2.45, 2.75) is 19.9 Å². The van der Waals surface area contributed by atoms with E-state index < -0.39 is 0 Å². The highest BCUT2D eigenvalue weighted by atomic mass is 19.1. The zero-order chi connectivity index (χ0) is 16.9. The Hall–Kier alpha value is -2.95. The van der Waals surface area contributed by atoms with E-state index in [4.69, 9.17) is 0 Å². The van der Waals surface area contributed by atoms with Crippen LogP contribution in [-0.4, -0.2) is 15.7 Å². The van der Waals surface area contributed by atoms with Crippen LogP contribution < -0.4 is 5.32 Å². The monoisotopic (exact) mass is 323 g/mol. The molecule has 5 heteroatoms. The SMILES string of the molecule is Cc1cc(NC(=O)Cc2ccccc2F)n(Cc2ccccc2)n1. The first kappa shape index (κ1) is 15.9. The van der Waals surface area contributed by atoms with Crippen molar-refractivity contribution in [1.29, 1.82) is 0 Å². The molecule has 0 aliphatic carbocycles. The van der Waals surface area contributed by atoms with Crippen molar-refractivity contribution < 1.29 is 9.18 Å². The fourth-order valence-corrected chi connectivity index (χ4v) is 2.52. The zero-order valence-corrected chi connectivity index (χ0v) is 13.4. The van der Waals surface area contributed by atoms with Gasteiger partial charge in [0.1, 0.15) is 11.6 Å². The zero-order valence-electron chi connectivity index (χ0n) is 13.4. The highest BCUT2D eigenvalue weighted by Gasteiger charge is 2.12. The van der Waals surface area contributed by atoms with Gasteiger partial charge in [0.05, 0.1) is 18.7 Å². The molecule has 24 heavy (non-hydrogen) atoms. The Morgan fingerprint density at radius 2 is 1.83 bits per heavy atom. The highest BCUT2D eigenvalue weighted by Crippen LogP contribution is 2.14. The molecule has 0 bridgehead atoms. The molecule has 1 amide bonds. The van der Waals surface area contributed by atoms with Gasteiger partial charge < -0.3 is 5.32 Å². The van der Waals surface area contributed by atoms with Crippen molar-refractivity contribution >= 4 is 11.7 Å². The third-order valence-corrected chi connectivity index (χ3v) is 3.65. The second-order valence-electron chi connectivity index (χ2n) is 5.63. The third-order valence-electron chi connectivity index (χ3n) is 3.65. The molecule has 0 saturated carbocycles. The first-order valence-electron chi connectivity index (χ1n) is 7.73. The van der Waals surface area contributed by atoms with Gasteiger partial charge in [-0.2, -0.15) is 5.10 Å². The average Bonchev–Trinajstić information content (AvgIpc) is 2.90. The summed E-state index contributed by atoms with van der Waals surface area (Å²) in [6.07, 6.45) is -0.0117. The molecule has 0 radical (unpaired) electrons. The van der Waals surface area contributed by atoms with E-state index in [9.17, 15) is 9.18 Å². The number of anilines is 1. The van der Waals surface area contributed by atoms with Gasteiger partial charge in [0, 0.05) is 6.07 Å². The summed E-state index contributed by atoms with van der Waals surface area (Å²) in [7, 11) is 0. The molecule has 122 valence electrons. The number of carbonyl (C=O) groups excluding carboxylic acids is 1. The maximum atomic E-state index is 13.7. The molecule has 2 aromatic carbocycles. The lowest BCUT2D eigenvalue weighted by Gasteiger charge is -2.09. The predicted octanol–water partition coefficient (Wildman–Crippen LogP) is 3.56. The number of amides is 1. The Morgan fingerprint density at radius 3 is 2.58 bits per heavy atom. The smallest absolute Gasteiger partial charge is 0.230 e. The molecule has 3 aromatic rings. The van der Waals surface area contributed by atoms with E-state index in [2.05, 4.69) is 10.4 Å². The summed E-state index contributed by atoms with van der Waals surface area (Å²) < 4.78 is 15.4. The number of carbonyl (C=O) groups is 1. The van der Waals surface area contributed by atoms with E-state index in [1.807, 2.05) is 43.3 Å². The van der Waals surface area contributed by atoms with E-state index in [0.717, 1.165) is 11.3 Å². The Bertz CT molecular complexity index is 843. The van der Waals surface area contributed by atoms with Gasteiger partial charge in [-0.1, -0.05) is 48.5 Å². The maximum absolute atomic E-state index is 13.7. The van der Waals surface area contributed by atoms with Gasteiger partial charge in [-0.25, -0.2) is 9.07 Å². The molecule has 0 unspecified atom stereocenters. The van der Waals surface area contributed by atoms with E-state index >= 15 is 0 Å². The quantitative estimate of drug-likeness (QED) is 0.780. The first-order chi connectivity index (χ1) is 11.6. The normalized spacial score (nSPS) is 10.6. The van der Waals surface area contributed by atoms with Crippen LogP contribution in [-0.2, 0) is 17.8 Å².